The summed E-state index contributed by atoms with van der Waals surface area (Å²) < 4.78 is 10.6. The first-order chi connectivity index (χ1) is 7.39. The van der Waals surface area contributed by atoms with Gasteiger partial charge in [0.05, 0.1) is 24.0 Å². The van der Waals surface area contributed by atoms with Crippen molar-refractivity contribution in [1.82, 2.24) is 0 Å². The van der Waals surface area contributed by atoms with E-state index < -0.39 is 5.69 Å². The number of thioether (sulfide) groups is 1. The van der Waals surface area contributed by atoms with Crippen molar-refractivity contribution in [2.24, 2.45) is 0 Å². The lowest BCUT2D eigenvalue weighted by Gasteiger charge is -2.21. The van der Waals surface area contributed by atoms with E-state index in [4.69, 9.17) is 26.1 Å². The number of hydrogen-bond acceptors (Lipinski definition) is 6. The fourth-order valence-electron chi connectivity index (χ4n) is 0.699. The van der Waals surface area contributed by atoms with Crippen LogP contribution in [-0.2, 0) is 20.9 Å². The zero-order chi connectivity index (χ0) is 12.7. The van der Waals surface area contributed by atoms with Gasteiger partial charge in [-0.2, -0.15) is 5.26 Å². The Balaban J connectivity index is 4.14. The maximum absolute atomic E-state index is 8.87. The van der Waals surface area contributed by atoms with Crippen molar-refractivity contribution < 1.29 is 9.05 Å². The van der Waals surface area contributed by atoms with Gasteiger partial charge in [0.25, 0.3) is 0 Å². The van der Waals surface area contributed by atoms with E-state index in [0.29, 0.717) is 13.2 Å². The van der Waals surface area contributed by atoms with Gasteiger partial charge >= 0.3 is 0 Å². The molecule has 0 heterocycles. The first-order valence-corrected chi connectivity index (χ1v) is 10.2. The molecule has 0 rings (SSSR count). The third kappa shape index (κ3) is 7.16. The molecule has 0 saturated heterocycles. The predicted molar refractivity (Wildman–Crippen MR) is 77.3 cm³/mol. The third-order valence-electron chi connectivity index (χ3n) is 1.47. The minimum Gasteiger partial charge on any atom is -0.322 e. The van der Waals surface area contributed by atoms with Gasteiger partial charge in [0.15, 0.2) is 0 Å². The molecule has 0 fully saturated rings. The molecular formula is C9H18NO2PS3. The van der Waals surface area contributed by atoms with Gasteiger partial charge in [0.1, 0.15) is 0 Å². The lowest BCUT2D eigenvalue weighted by Crippen LogP contribution is -2.10. The molecule has 0 radical (unpaired) electrons. The van der Waals surface area contributed by atoms with Gasteiger partial charge in [-0.1, -0.05) is 11.4 Å². The summed E-state index contributed by atoms with van der Waals surface area (Å²) >= 11 is 8.43. The largest absolute Gasteiger partial charge is 0.322 e. The summed E-state index contributed by atoms with van der Waals surface area (Å²) in [4.78, 5) is 0. The van der Waals surface area contributed by atoms with Crippen molar-refractivity contribution in [3.05, 3.63) is 0 Å². The molecule has 0 atom stereocenters. The van der Waals surface area contributed by atoms with Crippen LogP contribution < -0.4 is 0 Å². The van der Waals surface area contributed by atoms with E-state index in [1.54, 1.807) is 11.8 Å². The number of rotatable bonds is 8. The van der Waals surface area contributed by atoms with E-state index in [1.807, 2.05) is 27.7 Å². The fourth-order valence-corrected chi connectivity index (χ4v) is 8.04. The van der Waals surface area contributed by atoms with Crippen molar-refractivity contribution in [2.75, 3.05) is 18.3 Å². The van der Waals surface area contributed by atoms with Gasteiger partial charge in [-0.3, -0.25) is 0 Å². The average Bonchev–Trinajstić information content (AvgIpc) is 2.18. The van der Waals surface area contributed by atoms with Crippen LogP contribution in [0.5, 0.6) is 0 Å². The fraction of sp³-hybridized carbons (Fsp3) is 0.889. The van der Waals surface area contributed by atoms with Crippen molar-refractivity contribution in [1.29, 1.82) is 5.26 Å². The molecular weight excluding hydrogens is 281 g/mol. The summed E-state index contributed by atoms with van der Waals surface area (Å²) in [5.74, 6) is 0. The smallest absolute Gasteiger partial charge is 0.248 e. The molecule has 0 N–H and O–H groups in total. The topological polar surface area (TPSA) is 42.2 Å². The molecule has 0 unspecified atom stereocenters. The molecule has 0 aliphatic carbocycles. The van der Waals surface area contributed by atoms with Crippen molar-refractivity contribution in [3.8, 4) is 6.07 Å². The van der Waals surface area contributed by atoms with Crippen LogP contribution in [0.1, 0.15) is 27.7 Å². The second-order valence-corrected chi connectivity index (χ2v) is 11.6. The lowest BCUT2D eigenvalue weighted by molar-refractivity contribution is 0.280. The summed E-state index contributed by atoms with van der Waals surface area (Å²) in [7, 11) is 0. The van der Waals surface area contributed by atoms with E-state index in [0.717, 1.165) is 5.08 Å². The summed E-state index contributed by atoms with van der Waals surface area (Å²) in [6.07, 6.45) is 0. The monoisotopic (exact) mass is 299 g/mol. The zero-order valence-corrected chi connectivity index (χ0v) is 13.4. The summed E-state index contributed by atoms with van der Waals surface area (Å²) in [6.45, 7) is 8.74. The van der Waals surface area contributed by atoms with Gasteiger partial charge < -0.3 is 9.05 Å². The first kappa shape index (κ1) is 16.8. The average molecular weight is 299 g/mol. The number of hydrogen-bond donors (Lipinski definition) is 0. The summed E-state index contributed by atoms with van der Waals surface area (Å²) in [5, 5.41) is 9.59. The van der Waals surface area contributed by atoms with Crippen molar-refractivity contribution >= 4 is 40.6 Å². The Labute approximate surface area is 112 Å². The van der Waals surface area contributed by atoms with Gasteiger partial charge in [0.2, 0.25) is 5.69 Å². The molecule has 0 amide bonds. The van der Waals surface area contributed by atoms with Crippen LogP contribution in [0.4, 0.5) is 0 Å². The van der Waals surface area contributed by atoms with Crippen LogP contribution in [0.2, 0.25) is 0 Å². The Morgan fingerprint density at radius 3 is 2.19 bits per heavy atom. The molecule has 0 aromatic rings. The SMILES string of the molecule is CCOP(=S)(OCC)SCSC(C)(C)C#N. The van der Waals surface area contributed by atoms with E-state index in [9.17, 15) is 0 Å². The standard InChI is InChI=1S/C9H18NO2PS3/c1-5-11-13(14,12-6-2)16-8-15-9(3,4)7-10/h5-6,8H2,1-4H3. The molecule has 94 valence electrons. The molecule has 0 saturated carbocycles. The maximum Gasteiger partial charge on any atom is 0.248 e. The highest BCUT2D eigenvalue weighted by Gasteiger charge is 2.22. The van der Waals surface area contributed by atoms with Crippen LogP contribution in [0, 0.1) is 11.3 Å². The summed E-state index contributed by atoms with van der Waals surface area (Å²) in [6, 6.07) is 2.24. The lowest BCUT2D eigenvalue weighted by atomic mass is 10.2. The predicted octanol–water partition coefficient (Wildman–Crippen LogP) is 4.01. The van der Waals surface area contributed by atoms with Crippen LogP contribution in [-0.4, -0.2) is 23.0 Å². The van der Waals surface area contributed by atoms with Crippen LogP contribution >= 0.6 is 28.8 Å². The molecule has 0 aliphatic heterocycles. The van der Waals surface area contributed by atoms with Gasteiger partial charge in [-0.15, -0.1) is 11.8 Å². The van der Waals surface area contributed by atoms with Crippen LogP contribution in [0.3, 0.4) is 0 Å². The molecule has 0 spiro atoms. The maximum atomic E-state index is 8.87. The van der Waals surface area contributed by atoms with Crippen molar-refractivity contribution in [3.63, 3.8) is 0 Å². The van der Waals surface area contributed by atoms with E-state index in [1.165, 1.54) is 11.4 Å². The minimum absolute atomic E-state index is 0.383. The Hall–Kier alpha value is 0.760. The van der Waals surface area contributed by atoms with Gasteiger partial charge in [0, 0.05) is 5.08 Å². The highest BCUT2D eigenvalue weighted by Crippen LogP contribution is 2.62. The normalized spacial score (nSPS) is 12.4. The Morgan fingerprint density at radius 2 is 1.81 bits per heavy atom. The zero-order valence-electron chi connectivity index (χ0n) is 10.1. The summed E-state index contributed by atoms with van der Waals surface area (Å²) in [5.41, 5.74) is -2.20. The third-order valence-corrected chi connectivity index (χ3v) is 8.76. The van der Waals surface area contributed by atoms with Gasteiger partial charge in [-0.25, -0.2) is 0 Å². The molecule has 3 nitrogen and oxygen atoms in total. The Morgan fingerprint density at radius 1 is 1.31 bits per heavy atom. The Kier molecular flexibility index (Phi) is 8.35. The van der Waals surface area contributed by atoms with Crippen molar-refractivity contribution in [2.45, 2.75) is 32.4 Å². The highest BCUT2D eigenvalue weighted by atomic mass is 32.9. The molecule has 16 heavy (non-hydrogen) atoms. The number of nitriles is 1. The van der Waals surface area contributed by atoms with Gasteiger partial charge in [-0.05, 0) is 39.5 Å². The number of nitrogens with zero attached hydrogens (tertiary/aromatic N) is 1. The Bertz CT molecular complexity index is 281. The molecule has 0 aliphatic rings. The first-order valence-electron chi connectivity index (χ1n) is 4.98. The second kappa shape index (κ2) is 7.97. The second-order valence-electron chi connectivity index (χ2n) is 3.30. The van der Waals surface area contributed by atoms with E-state index in [-0.39, 0.29) is 4.75 Å². The molecule has 7 heteroatoms. The molecule has 0 aromatic heterocycles. The minimum atomic E-state index is -2.20. The van der Waals surface area contributed by atoms with E-state index >= 15 is 0 Å². The molecule has 0 bridgehead atoms. The van der Waals surface area contributed by atoms with Crippen LogP contribution in [0.15, 0.2) is 0 Å². The quantitative estimate of drug-likeness (QED) is 0.498. The highest BCUT2D eigenvalue weighted by molar-refractivity contribution is 8.69. The molecule has 0 aromatic carbocycles. The van der Waals surface area contributed by atoms with Crippen LogP contribution in [0.25, 0.3) is 0 Å². The van der Waals surface area contributed by atoms with E-state index in [2.05, 4.69) is 6.07 Å².